The molecule has 1 atom stereocenters. The number of likely N-dealkylation sites (tertiary alicyclic amines) is 2. The molecule has 0 aromatic heterocycles. The minimum atomic E-state index is -0.0736. The van der Waals surface area contributed by atoms with Crippen LogP contribution in [0.25, 0.3) is 0 Å². The van der Waals surface area contributed by atoms with E-state index in [9.17, 15) is 9.59 Å². The van der Waals surface area contributed by atoms with Gasteiger partial charge in [0.05, 0.1) is 24.0 Å². The molecule has 0 N–H and O–H groups in total. The van der Waals surface area contributed by atoms with Crippen molar-refractivity contribution < 1.29 is 14.3 Å². The molecule has 1 aromatic rings. The van der Waals surface area contributed by atoms with Gasteiger partial charge in [-0.15, -0.1) is 0 Å². The predicted octanol–water partition coefficient (Wildman–Crippen LogP) is 2.58. The lowest BCUT2D eigenvalue weighted by molar-refractivity contribution is -0.148. The second kappa shape index (κ2) is 7.43. The summed E-state index contributed by atoms with van der Waals surface area (Å²) in [7, 11) is 0. The molecule has 1 aromatic carbocycles. The van der Waals surface area contributed by atoms with Crippen LogP contribution in [0.3, 0.4) is 0 Å². The summed E-state index contributed by atoms with van der Waals surface area (Å²) in [5.41, 5.74) is 0. The van der Waals surface area contributed by atoms with Gasteiger partial charge < -0.3 is 14.5 Å². The molecule has 0 saturated carbocycles. The first-order chi connectivity index (χ1) is 11.6. The molecule has 2 saturated heterocycles. The highest BCUT2D eigenvalue weighted by Crippen LogP contribution is 2.28. The van der Waals surface area contributed by atoms with Crippen LogP contribution < -0.4 is 4.74 Å². The molecule has 0 bridgehead atoms. The van der Waals surface area contributed by atoms with Crippen molar-refractivity contribution in [3.63, 3.8) is 0 Å². The Kier molecular flexibility index (Phi) is 5.29. The summed E-state index contributed by atoms with van der Waals surface area (Å²) in [6.07, 6.45) is 2.25. The zero-order chi connectivity index (χ0) is 17.1. The molecule has 2 heterocycles. The normalized spacial score (nSPS) is 21.3. The van der Waals surface area contributed by atoms with E-state index in [-0.39, 0.29) is 23.8 Å². The molecule has 5 nitrogen and oxygen atoms in total. The van der Waals surface area contributed by atoms with Crippen LogP contribution in [0.1, 0.15) is 26.2 Å². The molecule has 2 aliphatic rings. The Morgan fingerprint density at radius 2 is 1.96 bits per heavy atom. The first-order valence-corrected chi connectivity index (χ1v) is 8.94. The molecule has 6 heteroatoms. The number of carbonyl (C=O) groups excluding carboxylic acids is 2. The standard InChI is InChI=1S/C18H23ClN2O3/c1-2-17(22)20-9-5-6-13(10-20)18(23)21-11-14(12-21)24-16-8-4-3-7-15(16)19/h3-4,7-8,13-14H,2,5-6,9-12H2,1H3. The number of piperidine rings is 1. The van der Waals surface area contributed by atoms with Gasteiger partial charge in [0.2, 0.25) is 11.8 Å². The number of amides is 2. The Hall–Kier alpha value is -1.75. The second-order valence-corrected chi connectivity index (χ2v) is 6.85. The van der Waals surface area contributed by atoms with E-state index in [1.807, 2.05) is 34.9 Å². The monoisotopic (exact) mass is 350 g/mol. The van der Waals surface area contributed by atoms with Gasteiger partial charge in [-0.2, -0.15) is 0 Å². The van der Waals surface area contributed by atoms with Crippen LogP contribution >= 0.6 is 11.6 Å². The summed E-state index contributed by atoms with van der Waals surface area (Å²) in [5, 5.41) is 0.586. The molecule has 1 unspecified atom stereocenters. The number of benzene rings is 1. The first kappa shape index (κ1) is 17.1. The fourth-order valence-corrected chi connectivity index (χ4v) is 3.48. The van der Waals surface area contributed by atoms with Crippen LogP contribution in [0, 0.1) is 5.92 Å². The first-order valence-electron chi connectivity index (χ1n) is 8.56. The van der Waals surface area contributed by atoms with E-state index in [0.29, 0.717) is 36.8 Å². The summed E-state index contributed by atoms with van der Waals surface area (Å²) in [4.78, 5) is 28.1. The number of carbonyl (C=O) groups is 2. The Morgan fingerprint density at radius 1 is 1.21 bits per heavy atom. The molecule has 0 radical (unpaired) electrons. The smallest absolute Gasteiger partial charge is 0.227 e. The summed E-state index contributed by atoms with van der Waals surface area (Å²) in [6, 6.07) is 7.37. The predicted molar refractivity (Wildman–Crippen MR) is 92.0 cm³/mol. The molecule has 2 fully saturated rings. The second-order valence-electron chi connectivity index (χ2n) is 6.45. The Bertz CT molecular complexity index is 616. The van der Waals surface area contributed by atoms with Gasteiger partial charge in [0.15, 0.2) is 0 Å². The molecular weight excluding hydrogens is 328 g/mol. The maximum Gasteiger partial charge on any atom is 0.227 e. The third-order valence-corrected chi connectivity index (χ3v) is 5.03. The maximum atomic E-state index is 12.6. The van der Waals surface area contributed by atoms with Crippen molar-refractivity contribution in [1.29, 1.82) is 0 Å². The zero-order valence-electron chi connectivity index (χ0n) is 13.9. The third kappa shape index (κ3) is 3.66. The van der Waals surface area contributed by atoms with E-state index in [1.54, 1.807) is 6.07 Å². The molecule has 130 valence electrons. The molecule has 2 amide bonds. The van der Waals surface area contributed by atoms with E-state index in [4.69, 9.17) is 16.3 Å². The molecule has 3 rings (SSSR count). The molecule has 24 heavy (non-hydrogen) atoms. The summed E-state index contributed by atoms with van der Waals surface area (Å²) >= 11 is 6.09. The molecular formula is C18H23ClN2O3. The fraction of sp³-hybridized carbons (Fsp3) is 0.556. The minimum absolute atomic E-state index is 0.00850. The van der Waals surface area contributed by atoms with Gasteiger partial charge in [-0.3, -0.25) is 9.59 Å². The largest absolute Gasteiger partial charge is 0.485 e. The molecule has 2 aliphatic heterocycles. The van der Waals surface area contributed by atoms with Crippen molar-refractivity contribution in [2.24, 2.45) is 5.92 Å². The lowest BCUT2D eigenvalue weighted by atomic mass is 9.94. The van der Waals surface area contributed by atoms with Gasteiger partial charge in [0.25, 0.3) is 0 Å². The SMILES string of the molecule is CCC(=O)N1CCCC(C(=O)N2CC(Oc3ccccc3Cl)C2)C1. The Labute approximate surface area is 147 Å². The van der Waals surface area contributed by atoms with Crippen LogP contribution in [-0.4, -0.2) is 53.9 Å². The van der Waals surface area contributed by atoms with Crippen LogP contribution in [-0.2, 0) is 9.59 Å². The van der Waals surface area contributed by atoms with E-state index in [2.05, 4.69) is 0 Å². The highest BCUT2D eigenvalue weighted by Gasteiger charge is 2.38. The quantitative estimate of drug-likeness (QED) is 0.838. The Morgan fingerprint density at radius 3 is 2.67 bits per heavy atom. The van der Waals surface area contributed by atoms with Gasteiger partial charge in [-0.05, 0) is 25.0 Å². The van der Waals surface area contributed by atoms with E-state index >= 15 is 0 Å². The zero-order valence-corrected chi connectivity index (χ0v) is 14.7. The number of rotatable bonds is 4. The fourth-order valence-electron chi connectivity index (χ4n) is 3.30. The van der Waals surface area contributed by atoms with Crippen LogP contribution in [0.15, 0.2) is 24.3 Å². The topological polar surface area (TPSA) is 49.9 Å². The minimum Gasteiger partial charge on any atom is -0.485 e. The van der Waals surface area contributed by atoms with Crippen LogP contribution in [0.2, 0.25) is 5.02 Å². The average Bonchev–Trinajstić information content (AvgIpc) is 2.58. The van der Waals surface area contributed by atoms with Crippen molar-refractivity contribution in [3.05, 3.63) is 29.3 Å². The van der Waals surface area contributed by atoms with Gasteiger partial charge in [0, 0.05) is 19.5 Å². The van der Waals surface area contributed by atoms with E-state index < -0.39 is 0 Å². The number of para-hydroxylation sites is 1. The lowest BCUT2D eigenvalue weighted by Crippen LogP contribution is -2.59. The van der Waals surface area contributed by atoms with Crippen molar-refractivity contribution in [3.8, 4) is 5.75 Å². The highest BCUT2D eigenvalue weighted by atomic mass is 35.5. The number of nitrogens with zero attached hydrogens (tertiary/aromatic N) is 2. The number of hydrogen-bond donors (Lipinski definition) is 0. The van der Waals surface area contributed by atoms with Gasteiger partial charge in [0.1, 0.15) is 11.9 Å². The van der Waals surface area contributed by atoms with Gasteiger partial charge in [-0.25, -0.2) is 0 Å². The summed E-state index contributed by atoms with van der Waals surface area (Å²) in [6.45, 7) is 4.36. The van der Waals surface area contributed by atoms with Crippen molar-refractivity contribution in [1.82, 2.24) is 9.80 Å². The summed E-state index contributed by atoms with van der Waals surface area (Å²) < 4.78 is 5.84. The third-order valence-electron chi connectivity index (χ3n) is 4.72. The van der Waals surface area contributed by atoms with Crippen LogP contribution in [0.5, 0.6) is 5.75 Å². The summed E-state index contributed by atoms with van der Waals surface area (Å²) in [5.74, 6) is 0.864. The maximum absolute atomic E-state index is 12.6. The highest BCUT2D eigenvalue weighted by molar-refractivity contribution is 6.32. The average molecular weight is 351 g/mol. The molecule has 0 aliphatic carbocycles. The van der Waals surface area contributed by atoms with E-state index in [0.717, 1.165) is 19.4 Å². The number of ether oxygens (including phenoxy) is 1. The van der Waals surface area contributed by atoms with Crippen molar-refractivity contribution in [2.45, 2.75) is 32.3 Å². The number of hydrogen-bond acceptors (Lipinski definition) is 3. The molecule has 0 spiro atoms. The van der Waals surface area contributed by atoms with Crippen molar-refractivity contribution >= 4 is 23.4 Å². The van der Waals surface area contributed by atoms with Crippen molar-refractivity contribution in [2.75, 3.05) is 26.2 Å². The van der Waals surface area contributed by atoms with Crippen LogP contribution in [0.4, 0.5) is 0 Å². The van der Waals surface area contributed by atoms with E-state index in [1.165, 1.54) is 0 Å². The number of halogens is 1. The van der Waals surface area contributed by atoms with Gasteiger partial charge >= 0.3 is 0 Å². The Balaban J connectivity index is 1.49. The lowest BCUT2D eigenvalue weighted by Gasteiger charge is -2.42. The van der Waals surface area contributed by atoms with Gasteiger partial charge in [-0.1, -0.05) is 30.7 Å².